The summed E-state index contributed by atoms with van der Waals surface area (Å²) in [6, 6.07) is 5.32. The van der Waals surface area contributed by atoms with Crippen LogP contribution in [0.3, 0.4) is 0 Å². The summed E-state index contributed by atoms with van der Waals surface area (Å²) in [7, 11) is -3.34. The summed E-state index contributed by atoms with van der Waals surface area (Å²) in [5, 5.41) is 0. The number of benzene rings is 1. The quantitative estimate of drug-likeness (QED) is 0.833. The van der Waals surface area contributed by atoms with Crippen LogP contribution in [0.15, 0.2) is 27.6 Å². The minimum Gasteiger partial charge on any atom is -0.207 e. The maximum Gasteiger partial charge on any atom is 0.243 e. The van der Waals surface area contributed by atoms with Gasteiger partial charge >= 0.3 is 0 Å². The van der Waals surface area contributed by atoms with Gasteiger partial charge in [0.15, 0.2) is 0 Å². The summed E-state index contributed by atoms with van der Waals surface area (Å²) in [6.45, 7) is 4.53. The first kappa shape index (κ1) is 14.0. The van der Waals surface area contributed by atoms with Crippen LogP contribution >= 0.6 is 15.9 Å². The minimum atomic E-state index is -3.34. The SMILES string of the molecule is Cc1cc(S(=O)(=O)N2CCCC[C@H]2C)ccc1Br. The Kier molecular flexibility index (Phi) is 4.14. The second-order valence-corrected chi connectivity index (χ2v) is 7.62. The molecule has 100 valence electrons. The molecule has 0 N–H and O–H groups in total. The zero-order valence-corrected chi connectivity index (χ0v) is 13.1. The molecule has 0 radical (unpaired) electrons. The van der Waals surface area contributed by atoms with Crippen molar-refractivity contribution in [1.29, 1.82) is 0 Å². The van der Waals surface area contributed by atoms with Crippen LogP contribution < -0.4 is 0 Å². The van der Waals surface area contributed by atoms with Crippen molar-refractivity contribution < 1.29 is 8.42 Å². The molecule has 1 aromatic rings. The topological polar surface area (TPSA) is 37.4 Å². The summed E-state index contributed by atoms with van der Waals surface area (Å²) in [6.07, 6.45) is 3.03. The van der Waals surface area contributed by atoms with E-state index in [2.05, 4.69) is 15.9 Å². The largest absolute Gasteiger partial charge is 0.243 e. The third-order valence-electron chi connectivity index (χ3n) is 3.48. The minimum absolute atomic E-state index is 0.104. The second kappa shape index (κ2) is 5.31. The first-order valence-corrected chi connectivity index (χ1v) is 8.44. The molecular weight excluding hydrogens is 314 g/mol. The van der Waals surface area contributed by atoms with Crippen LogP contribution in [-0.2, 0) is 10.0 Å². The summed E-state index contributed by atoms with van der Waals surface area (Å²) < 4.78 is 27.7. The van der Waals surface area contributed by atoms with Gasteiger partial charge in [0, 0.05) is 17.1 Å². The van der Waals surface area contributed by atoms with Gasteiger partial charge in [-0.15, -0.1) is 0 Å². The van der Waals surface area contributed by atoms with E-state index in [0.717, 1.165) is 29.3 Å². The number of sulfonamides is 1. The molecule has 0 aliphatic carbocycles. The van der Waals surface area contributed by atoms with Gasteiger partial charge in [-0.1, -0.05) is 22.4 Å². The third-order valence-corrected chi connectivity index (χ3v) is 6.38. The van der Waals surface area contributed by atoms with E-state index < -0.39 is 10.0 Å². The lowest BCUT2D eigenvalue weighted by Gasteiger charge is -2.32. The van der Waals surface area contributed by atoms with Crippen LogP contribution in [0, 0.1) is 6.92 Å². The Labute approximate surface area is 117 Å². The Balaban J connectivity index is 2.37. The predicted octanol–water partition coefficient (Wildman–Crippen LogP) is 3.32. The maximum atomic E-state index is 12.6. The highest BCUT2D eigenvalue weighted by molar-refractivity contribution is 9.10. The van der Waals surface area contributed by atoms with E-state index in [1.807, 2.05) is 13.8 Å². The number of piperidine rings is 1. The van der Waals surface area contributed by atoms with Gasteiger partial charge in [0.1, 0.15) is 0 Å². The average molecular weight is 332 g/mol. The molecule has 0 amide bonds. The molecule has 1 aliphatic rings. The predicted molar refractivity (Wildman–Crippen MR) is 76.1 cm³/mol. The van der Waals surface area contributed by atoms with Crippen molar-refractivity contribution in [1.82, 2.24) is 4.31 Å². The van der Waals surface area contributed by atoms with Crippen LogP contribution in [0.2, 0.25) is 0 Å². The Morgan fingerprint density at radius 3 is 2.67 bits per heavy atom. The van der Waals surface area contributed by atoms with Gasteiger partial charge in [-0.25, -0.2) is 8.42 Å². The number of rotatable bonds is 2. The second-order valence-electron chi connectivity index (χ2n) is 4.87. The molecule has 0 bridgehead atoms. The Hall–Kier alpha value is -0.390. The molecule has 1 aliphatic heterocycles. The molecule has 0 unspecified atom stereocenters. The van der Waals surface area contributed by atoms with E-state index in [1.54, 1.807) is 22.5 Å². The molecule has 3 nitrogen and oxygen atoms in total. The fourth-order valence-corrected chi connectivity index (χ4v) is 4.37. The van der Waals surface area contributed by atoms with Gasteiger partial charge in [-0.05, 0) is 50.5 Å². The zero-order chi connectivity index (χ0) is 13.3. The van der Waals surface area contributed by atoms with Gasteiger partial charge in [0.25, 0.3) is 0 Å². The molecular formula is C13H18BrNO2S. The fourth-order valence-electron chi connectivity index (χ4n) is 2.34. The van der Waals surface area contributed by atoms with Crippen molar-refractivity contribution in [3.8, 4) is 0 Å². The number of aryl methyl sites for hydroxylation is 1. The summed E-state index contributed by atoms with van der Waals surface area (Å²) in [5.74, 6) is 0. The van der Waals surface area contributed by atoms with Crippen LogP contribution in [0.1, 0.15) is 31.7 Å². The van der Waals surface area contributed by atoms with Crippen molar-refractivity contribution >= 4 is 26.0 Å². The fraction of sp³-hybridized carbons (Fsp3) is 0.538. The molecule has 1 heterocycles. The van der Waals surface area contributed by atoms with Crippen LogP contribution in [0.25, 0.3) is 0 Å². The number of nitrogens with zero attached hydrogens (tertiary/aromatic N) is 1. The molecule has 18 heavy (non-hydrogen) atoms. The van der Waals surface area contributed by atoms with Gasteiger partial charge < -0.3 is 0 Å². The van der Waals surface area contributed by atoms with Crippen molar-refractivity contribution in [2.45, 2.75) is 44.0 Å². The van der Waals surface area contributed by atoms with Gasteiger partial charge in [0.2, 0.25) is 10.0 Å². The molecule has 0 saturated carbocycles. The lowest BCUT2D eigenvalue weighted by atomic mass is 10.1. The van der Waals surface area contributed by atoms with E-state index in [4.69, 9.17) is 0 Å². The molecule has 1 fully saturated rings. The van der Waals surface area contributed by atoms with E-state index in [-0.39, 0.29) is 6.04 Å². The summed E-state index contributed by atoms with van der Waals surface area (Å²) >= 11 is 3.40. The molecule has 1 saturated heterocycles. The van der Waals surface area contributed by atoms with Gasteiger partial charge in [0.05, 0.1) is 4.90 Å². The van der Waals surface area contributed by atoms with Crippen LogP contribution in [0.4, 0.5) is 0 Å². The zero-order valence-electron chi connectivity index (χ0n) is 10.7. The van der Waals surface area contributed by atoms with Crippen molar-refractivity contribution in [3.05, 3.63) is 28.2 Å². The maximum absolute atomic E-state index is 12.6. The first-order chi connectivity index (χ1) is 8.43. The van der Waals surface area contributed by atoms with Crippen molar-refractivity contribution in [2.24, 2.45) is 0 Å². The third kappa shape index (κ3) is 2.63. The van der Waals surface area contributed by atoms with Crippen LogP contribution in [-0.4, -0.2) is 25.3 Å². The molecule has 5 heteroatoms. The highest BCUT2D eigenvalue weighted by atomic mass is 79.9. The highest BCUT2D eigenvalue weighted by Gasteiger charge is 2.30. The Morgan fingerprint density at radius 1 is 1.33 bits per heavy atom. The van der Waals surface area contributed by atoms with E-state index >= 15 is 0 Å². The molecule has 1 atom stereocenters. The summed E-state index contributed by atoms with van der Waals surface area (Å²) in [4.78, 5) is 0.400. The highest BCUT2D eigenvalue weighted by Crippen LogP contribution is 2.27. The molecule has 0 spiro atoms. The van der Waals surface area contributed by atoms with Gasteiger partial charge in [-0.2, -0.15) is 4.31 Å². The number of hydrogen-bond donors (Lipinski definition) is 0. The van der Waals surface area contributed by atoms with Crippen molar-refractivity contribution in [3.63, 3.8) is 0 Å². The van der Waals surface area contributed by atoms with Crippen LogP contribution in [0.5, 0.6) is 0 Å². The van der Waals surface area contributed by atoms with Gasteiger partial charge in [-0.3, -0.25) is 0 Å². The van der Waals surface area contributed by atoms with E-state index in [0.29, 0.717) is 11.4 Å². The summed E-state index contributed by atoms with van der Waals surface area (Å²) in [5.41, 5.74) is 0.945. The number of hydrogen-bond acceptors (Lipinski definition) is 2. The van der Waals surface area contributed by atoms with E-state index in [1.165, 1.54) is 0 Å². The Morgan fingerprint density at radius 2 is 2.06 bits per heavy atom. The molecule has 1 aromatic carbocycles. The Bertz CT molecular complexity index is 542. The standard InChI is InChI=1S/C13H18BrNO2S/c1-10-9-12(6-7-13(10)14)18(16,17)15-8-4-3-5-11(15)2/h6-7,9,11H,3-5,8H2,1-2H3/t11-/m1/s1. The van der Waals surface area contributed by atoms with Crippen molar-refractivity contribution in [2.75, 3.05) is 6.54 Å². The monoisotopic (exact) mass is 331 g/mol. The first-order valence-electron chi connectivity index (χ1n) is 6.21. The smallest absolute Gasteiger partial charge is 0.207 e. The molecule has 0 aromatic heterocycles. The average Bonchev–Trinajstić information content (AvgIpc) is 2.33. The normalized spacial score (nSPS) is 22.1. The molecule has 2 rings (SSSR count). The lowest BCUT2D eigenvalue weighted by molar-refractivity contribution is 0.268. The van der Waals surface area contributed by atoms with E-state index in [9.17, 15) is 8.42 Å². The number of halogens is 1. The lowest BCUT2D eigenvalue weighted by Crippen LogP contribution is -2.41.